The summed E-state index contributed by atoms with van der Waals surface area (Å²) in [5.41, 5.74) is 0.287. The topological polar surface area (TPSA) is 111 Å². The fraction of sp³-hybridized carbons (Fsp3) is 0.333. The van der Waals surface area contributed by atoms with Crippen LogP contribution in [-0.4, -0.2) is 37.5 Å². The van der Waals surface area contributed by atoms with Gasteiger partial charge in [0.2, 0.25) is 0 Å². The molecule has 0 radical (unpaired) electrons. The molecule has 0 aliphatic heterocycles. The van der Waals surface area contributed by atoms with Gasteiger partial charge in [0.1, 0.15) is 5.69 Å². The first-order chi connectivity index (χ1) is 9.49. The van der Waals surface area contributed by atoms with Gasteiger partial charge < -0.3 is 15.4 Å². The highest BCUT2D eigenvalue weighted by Gasteiger charge is 2.16. The van der Waals surface area contributed by atoms with E-state index in [1.54, 1.807) is 7.05 Å². The summed E-state index contributed by atoms with van der Waals surface area (Å²) in [5, 5.41) is 16.0. The number of rotatable bonds is 6. The van der Waals surface area contributed by atoms with E-state index >= 15 is 0 Å². The zero-order chi connectivity index (χ0) is 15.1. The minimum absolute atomic E-state index is 0.0406. The molecule has 0 saturated heterocycles. The number of anilines is 1. The normalized spacial score (nSPS) is 9.70. The Morgan fingerprint density at radius 2 is 2.10 bits per heavy atom. The van der Waals surface area contributed by atoms with Crippen LogP contribution in [0, 0.1) is 10.1 Å². The zero-order valence-electron chi connectivity index (χ0n) is 11.1. The average molecular weight is 281 g/mol. The molecular formula is C12H15N3O5. The van der Waals surface area contributed by atoms with Crippen LogP contribution < -0.4 is 10.6 Å². The van der Waals surface area contributed by atoms with E-state index in [2.05, 4.69) is 15.4 Å². The number of benzene rings is 1. The molecule has 1 aromatic rings. The Balaban J connectivity index is 2.76. The van der Waals surface area contributed by atoms with E-state index in [0.29, 0.717) is 5.69 Å². The molecule has 0 spiro atoms. The van der Waals surface area contributed by atoms with Gasteiger partial charge in [-0.15, -0.1) is 0 Å². The van der Waals surface area contributed by atoms with Crippen LogP contribution in [-0.2, 0) is 9.53 Å². The van der Waals surface area contributed by atoms with Crippen LogP contribution in [0.15, 0.2) is 18.2 Å². The Bertz CT molecular complexity index is 530. The highest BCUT2D eigenvalue weighted by atomic mass is 16.6. The molecule has 0 aliphatic carbocycles. The number of methoxy groups -OCH3 is 1. The van der Waals surface area contributed by atoms with E-state index in [1.165, 1.54) is 25.3 Å². The van der Waals surface area contributed by atoms with Crippen molar-refractivity contribution in [1.29, 1.82) is 0 Å². The summed E-state index contributed by atoms with van der Waals surface area (Å²) in [6, 6.07) is 4.10. The van der Waals surface area contributed by atoms with Gasteiger partial charge >= 0.3 is 5.97 Å². The lowest BCUT2D eigenvalue weighted by Gasteiger charge is -2.06. The van der Waals surface area contributed by atoms with E-state index in [9.17, 15) is 19.7 Å². The lowest BCUT2D eigenvalue weighted by molar-refractivity contribution is -0.384. The molecule has 8 nitrogen and oxygen atoms in total. The van der Waals surface area contributed by atoms with Crippen LogP contribution >= 0.6 is 0 Å². The molecule has 0 aromatic heterocycles. The van der Waals surface area contributed by atoms with Gasteiger partial charge in [0.25, 0.3) is 11.6 Å². The van der Waals surface area contributed by atoms with E-state index in [-0.39, 0.29) is 24.2 Å². The number of nitro groups is 1. The molecule has 0 fully saturated rings. The van der Waals surface area contributed by atoms with Crippen molar-refractivity contribution in [1.82, 2.24) is 5.32 Å². The van der Waals surface area contributed by atoms with E-state index in [4.69, 9.17) is 0 Å². The van der Waals surface area contributed by atoms with E-state index in [1.807, 2.05) is 0 Å². The number of hydrogen-bond donors (Lipinski definition) is 2. The van der Waals surface area contributed by atoms with Gasteiger partial charge in [0.15, 0.2) is 0 Å². The molecule has 1 aromatic carbocycles. The van der Waals surface area contributed by atoms with Crippen LogP contribution in [0.3, 0.4) is 0 Å². The molecule has 108 valence electrons. The van der Waals surface area contributed by atoms with Crippen molar-refractivity contribution in [3.8, 4) is 0 Å². The highest BCUT2D eigenvalue weighted by Crippen LogP contribution is 2.24. The second-order valence-corrected chi connectivity index (χ2v) is 3.82. The smallest absolute Gasteiger partial charge is 0.307 e. The molecule has 0 saturated carbocycles. The summed E-state index contributed by atoms with van der Waals surface area (Å²) in [6.45, 7) is 0.104. The molecular weight excluding hydrogens is 266 g/mol. The largest absolute Gasteiger partial charge is 0.469 e. The zero-order valence-corrected chi connectivity index (χ0v) is 11.1. The number of nitrogens with zero attached hydrogens (tertiary/aromatic N) is 1. The molecule has 1 rings (SSSR count). The third-order valence-electron chi connectivity index (χ3n) is 2.57. The second kappa shape index (κ2) is 7.07. The monoisotopic (exact) mass is 281 g/mol. The lowest BCUT2D eigenvalue weighted by Crippen LogP contribution is -2.26. The maximum absolute atomic E-state index is 11.8. The van der Waals surface area contributed by atoms with Gasteiger partial charge in [-0.2, -0.15) is 0 Å². The van der Waals surface area contributed by atoms with Crippen molar-refractivity contribution in [2.45, 2.75) is 6.42 Å². The Hall–Kier alpha value is -2.64. The van der Waals surface area contributed by atoms with Crippen LogP contribution in [0.2, 0.25) is 0 Å². The third kappa shape index (κ3) is 3.94. The van der Waals surface area contributed by atoms with Crippen LogP contribution in [0.1, 0.15) is 16.8 Å². The van der Waals surface area contributed by atoms with E-state index in [0.717, 1.165) is 0 Å². The number of nitro benzene ring substituents is 1. The third-order valence-corrected chi connectivity index (χ3v) is 2.57. The van der Waals surface area contributed by atoms with Gasteiger partial charge in [0, 0.05) is 25.2 Å². The van der Waals surface area contributed by atoms with Crippen molar-refractivity contribution in [2.75, 3.05) is 26.0 Å². The number of nitrogens with one attached hydrogen (secondary N) is 2. The number of carbonyl (C=O) groups excluding carboxylic acids is 2. The van der Waals surface area contributed by atoms with Gasteiger partial charge in [-0.3, -0.25) is 19.7 Å². The SMILES string of the molecule is CNc1ccc(C(=O)NCCC(=O)OC)cc1[N+](=O)[O-]. The predicted octanol–water partition coefficient (Wildman–Crippen LogP) is 0.929. The quantitative estimate of drug-likeness (QED) is 0.456. The number of hydrogen-bond acceptors (Lipinski definition) is 6. The Kier molecular flexibility index (Phi) is 5.45. The average Bonchev–Trinajstić information content (AvgIpc) is 2.45. The van der Waals surface area contributed by atoms with Gasteiger partial charge in [-0.25, -0.2) is 0 Å². The molecule has 8 heteroatoms. The second-order valence-electron chi connectivity index (χ2n) is 3.82. The first-order valence-corrected chi connectivity index (χ1v) is 5.80. The molecule has 2 N–H and O–H groups in total. The molecule has 20 heavy (non-hydrogen) atoms. The fourth-order valence-electron chi connectivity index (χ4n) is 1.52. The Morgan fingerprint density at radius 1 is 1.40 bits per heavy atom. The summed E-state index contributed by atoms with van der Waals surface area (Å²) < 4.78 is 4.43. The maximum atomic E-state index is 11.8. The van der Waals surface area contributed by atoms with Crippen molar-refractivity contribution >= 4 is 23.3 Å². The molecule has 0 heterocycles. The molecule has 0 aliphatic rings. The summed E-state index contributed by atoms with van der Waals surface area (Å²) in [4.78, 5) is 33.0. The summed E-state index contributed by atoms with van der Waals surface area (Å²) in [5.74, 6) is -0.929. The molecule has 0 unspecified atom stereocenters. The van der Waals surface area contributed by atoms with Crippen LogP contribution in [0.4, 0.5) is 11.4 Å². The summed E-state index contributed by atoms with van der Waals surface area (Å²) in [6.07, 6.45) is 0.0406. The number of esters is 1. The molecule has 0 atom stereocenters. The van der Waals surface area contributed by atoms with Crippen molar-refractivity contribution in [2.24, 2.45) is 0 Å². The van der Waals surface area contributed by atoms with Gasteiger partial charge in [0.05, 0.1) is 18.5 Å². The lowest BCUT2D eigenvalue weighted by atomic mass is 10.1. The summed E-state index contributed by atoms with van der Waals surface area (Å²) >= 11 is 0. The minimum Gasteiger partial charge on any atom is -0.469 e. The fourth-order valence-corrected chi connectivity index (χ4v) is 1.52. The van der Waals surface area contributed by atoms with Crippen molar-refractivity contribution < 1.29 is 19.2 Å². The minimum atomic E-state index is -0.572. The van der Waals surface area contributed by atoms with Crippen LogP contribution in [0.5, 0.6) is 0 Å². The predicted molar refractivity (Wildman–Crippen MR) is 71.6 cm³/mol. The molecule has 1 amide bonds. The standard InChI is InChI=1S/C12H15N3O5/c1-13-9-4-3-8(7-10(9)15(18)19)12(17)14-6-5-11(16)20-2/h3-4,7,13H,5-6H2,1-2H3,(H,14,17). The first-order valence-electron chi connectivity index (χ1n) is 5.80. The number of ether oxygens (including phenoxy) is 1. The van der Waals surface area contributed by atoms with Gasteiger partial charge in [-0.05, 0) is 12.1 Å². The Morgan fingerprint density at radius 3 is 2.65 bits per heavy atom. The van der Waals surface area contributed by atoms with Crippen LogP contribution in [0.25, 0.3) is 0 Å². The first kappa shape index (κ1) is 15.4. The van der Waals surface area contributed by atoms with Crippen molar-refractivity contribution in [3.63, 3.8) is 0 Å². The highest BCUT2D eigenvalue weighted by molar-refractivity contribution is 5.95. The molecule has 0 bridgehead atoms. The Labute approximate surface area is 115 Å². The number of amides is 1. The van der Waals surface area contributed by atoms with Crippen molar-refractivity contribution in [3.05, 3.63) is 33.9 Å². The summed E-state index contributed by atoms with van der Waals surface area (Å²) in [7, 11) is 2.81. The maximum Gasteiger partial charge on any atom is 0.307 e. The van der Waals surface area contributed by atoms with E-state index < -0.39 is 16.8 Å². The number of carbonyl (C=O) groups is 2. The van der Waals surface area contributed by atoms with Gasteiger partial charge in [-0.1, -0.05) is 0 Å².